The highest BCUT2D eigenvalue weighted by Crippen LogP contribution is 2.22. The lowest BCUT2D eigenvalue weighted by atomic mass is 10.1. The largest absolute Gasteiger partial charge is 0.507 e. The minimum atomic E-state index is -0.545. The molecule has 0 unspecified atom stereocenters. The van der Waals surface area contributed by atoms with Crippen molar-refractivity contribution in [2.45, 2.75) is 26.0 Å². The highest BCUT2D eigenvalue weighted by molar-refractivity contribution is 5.97. The number of piperazine rings is 1. The fraction of sp³-hybridized carbons (Fsp3) is 0.533. The van der Waals surface area contributed by atoms with E-state index in [-0.39, 0.29) is 23.3 Å². The van der Waals surface area contributed by atoms with Crippen LogP contribution >= 0.6 is 0 Å². The lowest BCUT2D eigenvalue weighted by Gasteiger charge is -2.40. The van der Waals surface area contributed by atoms with Gasteiger partial charge in [0, 0.05) is 32.2 Å². The predicted molar refractivity (Wildman–Crippen MR) is 76.7 cm³/mol. The van der Waals surface area contributed by atoms with Gasteiger partial charge in [-0.25, -0.2) is 4.39 Å². The molecule has 0 radical (unpaired) electrons. The van der Waals surface area contributed by atoms with Crippen LogP contribution in [0, 0.1) is 5.82 Å². The van der Waals surface area contributed by atoms with E-state index in [1.54, 1.807) is 11.8 Å². The third-order valence-corrected chi connectivity index (χ3v) is 3.68. The molecule has 1 aromatic carbocycles. The van der Waals surface area contributed by atoms with Gasteiger partial charge < -0.3 is 15.1 Å². The van der Waals surface area contributed by atoms with Crippen LogP contribution in [0.25, 0.3) is 0 Å². The molecule has 6 heteroatoms. The van der Waals surface area contributed by atoms with Crippen molar-refractivity contribution in [2.24, 2.45) is 0 Å². The summed E-state index contributed by atoms with van der Waals surface area (Å²) >= 11 is 0. The van der Waals surface area contributed by atoms with E-state index in [1.165, 1.54) is 6.07 Å². The van der Waals surface area contributed by atoms with Crippen LogP contribution in [0.4, 0.5) is 4.39 Å². The zero-order valence-electron chi connectivity index (χ0n) is 12.3. The molecule has 0 aliphatic carbocycles. The van der Waals surface area contributed by atoms with Crippen molar-refractivity contribution in [3.63, 3.8) is 0 Å². The molecular formula is C15H21FN2O3. The number of aromatic hydroxyl groups is 1. The van der Waals surface area contributed by atoms with Gasteiger partial charge in [0.15, 0.2) is 0 Å². The minimum Gasteiger partial charge on any atom is -0.507 e. The van der Waals surface area contributed by atoms with E-state index < -0.39 is 11.9 Å². The molecule has 1 amide bonds. The van der Waals surface area contributed by atoms with Gasteiger partial charge >= 0.3 is 0 Å². The Balaban J connectivity index is 2.09. The van der Waals surface area contributed by atoms with Gasteiger partial charge in [-0.2, -0.15) is 0 Å². The van der Waals surface area contributed by atoms with Gasteiger partial charge in [0.25, 0.3) is 5.91 Å². The quantitative estimate of drug-likeness (QED) is 0.875. The van der Waals surface area contributed by atoms with Gasteiger partial charge in [-0.3, -0.25) is 9.69 Å². The molecule has 1 saturated heterocycles. The Morgan fingerprint density at radius 3 is 2.81 bits per heavy atom. The zero-order chi connectivity index (χ0) is 15.6. The van der Waals surface area contributed by atoms with Crippen LogP contribution in [0.1, 0.15) is 24.2 Å². The Morgan fingerprint density at radius 1 is 1.48 bits per heavy atom. The lowest BCUT2D eigenvalue weighted by Crippen LogP contribution is -2.55. The number of amides is 1. The number of carbonyl (C=O) groups is 1. The Bertz CT molecular complexity index is 522. The maximum Gasteiger partial charge on any atom is 0.258 e. The van der Waals surface area contributed by atoms with E-state index >= 15 is 0 Å². The number of hydrogen-bond acceptors (Lipinski definition) is 4. The van der Waals surface area contributed by atoms with E-state index in [1.807, 2.05) is 6.92 Å². The lowest BCUT2D eigenvalue weighted by molar-refractivity contribution is 0.0380. The Hall–Kier alpha value is -1.66. The molecule has 21 heavy (non-hydrogen) atoms. The number of rotatable bonds is 3. The summed E-state index contributed by atoms with van der Waals surface area (Å²) < 4.78 is 13.3. The van der Waals surface area contributed by atoms with Crippen molar-refractivity contribution in [1.29, 1.82) is 0 Å². The predicted octanol–water partition coefficient (Wildman–Crippen LogP) is 1.06. The Labute approximate surface area is 123 Å². The number of aliphatic hydroxyl groups is 1. The minimum absolute atomic E-state index is 0.00849. The average Bonchev–Trinajstić information content (AvgIpc) is 2.40. The third-order valence-electron chi connectivity index (χ3n) is 3.68. The van der Waals surface area contributed by atoms with Crippen LogP contribution < -0.4 is 0 Å². The number of benzene rings is 1. The summed E-state index contributed by atoms with van der Waals surface area (Å²) in [4.78, 5) is 16.2. The van der Waals surface area contributed by atoms with Crippen LogP contribution in [0.3, 0.4) is 0 Å². The second-order valence-corrected chi connectivity index (χ2v) is 5.62. The third kappa shape index (κ3) is 3.71. The molecule has 0 aromatic heterocycles. The fourth-order valence-corrected chi connectivity index (χ4v) is 2.71. The molecule has 1 fully saturated rings. The van der Waals surface area contributed by atoms with Crippen LogP contribution in [-0.4, -0.2) is 64.2 Å². The molecule has 2 atom stereocenters. The molecule has 2 rings (SSSR count). The van der Waals surface area contributed by atoms with Gasteiger partial charge in [0.05, 0.1) is 11.7 Å². The van der Waals surface area contributed by atoms with Crippen molar-refractivity contribution >= 4 is 5.91 Å². The summed E-state index contributed by atoms with van der Waals surface area (Å²) in [6, 6.07) is 3.31. The molecule has 0 bridgehead atoms. The highest BCUT2D eigenvalue weighted by atomic mass is 19.1. The molecule has 116 valence electrons. The smallest absolute Gasteiger partial charge is 0.258 e. The monoisotopic (exact) mass is 296 g/mol. The van der Waals surface area contributed by atoms with Gasteiger partial charge in [0.1, 0.15) is 11.6 Å². The molecule has 5 nitrogen and oxygen atoms in total. The molecular weight excluding hydrogens is 275 g/mol. The summed E-state index contributed by atoms with van der Waals surface area (Å²) in [6.45, 7) is 5.99. The van der Waals surface area contributed by atoms with Crippen molar-refractivity contribution in [3.05, 3.63) is 29.6 Å². The number of carbonyl (C=O) groups excluding carboxylic acids is 1. The number of β-amino-alcohol motifs (C(OH)–C–C–N with tert-alkyl or cyclic N) is 1. The summed E-state index contributed by atoms with van der Waals surface area (Å²) in [5.74, 6) is -1.12. The van der Waals surface area contributed by atoms with Crippen LogP contribution in [0.5, 0.6) is 5.75 Å². The Morgan fingerprint density at radius 2 is 2.19 bits per heavy atom. The summed E-state index contributed by atoms with van der Waals surface area (Å²) in [7, 11) is 0. The Kier molecular flexibility index (Phi) is 4.80. The molecule has 0 saturated carbocycles. The summed E-state index contributed by atoms with van der Waals surface area (Å²) in [5.41, 5.74) is -0.00849. The first-order chi connectivity index (χ1) is 9.88. The van der Waals surface area contributed by atoms with Gasteiger partial charge in [-0.05, 0) is 32.0 Å². The molecule has 2 N–H and O–H groups in total. The van der Waals surface area contributed by atoms with Crippen LogP contribution in [-0.2, 0) is 0 Å². The van der Waals surface area contributed by atoms with E-state index in [0.717, 1.165) is 12.1 Å². The molecule has 1 aliphatic rings. The van der Waals surface area contributed by atoms with Gasteiger partial charge in [-0.15, -0.1) is 0 Å². The number of aliphatic hydroxyl groups excluding tert-OH is 1. The second-order valence-electron chi connectivity index (χ2n) is 5.62. The first-order valence-corrected chi connectivity index (χ1v) is 7.08. The van der Waals surface area contributed by atoms with E-state index in [0.29, 0.717) is 26.2 Å². The second kappa shape index (κ2) is 6.41. The summed E-state index contributed by atoms with van der Waals surface area (Å²) in [5, 5.41) is 19.1. The van der Waals surface area contributed by atoms with Crippen molar-refractivity contribution in [1.82, 2.24) is 9.80 Å². The van der Waals surface area contributed by atoms with E-state index in [4.69, 9.17) is 0 Å². The van der Waals surface area contributed by atoms with Crippen LogP contribution in [0.2, 0.25) is 0 Å². The van der Waals surface area contributed by atoms with Crippen molar-refractivity contribution in [2.75, 3.05) is 26.2 Å². The number of phenols is 1. The molecule has 0 spiro atoms. The maximum atomic E-state index is 13.3. The van der Waals surface area contributed by atoms with E-state index in [2.05, 4.69) is 4.90 Å². The maximum absolute atomic E-state index is 13.3. The van der Waals surface area contributed by atoms with Gasteiger partial charge in [-0.1, -0.05) is 0 Å². The SMILES string of the molecule is C[C@@H](O)CN1CCN(C(=O)c2cc(F)ccc2O)[C@@H](C)C1. The highest BCUT2D eigenvalue weighted by Gasteiger charge is 2.29. The van der Waals surface area contributed by atoms with E-state index in [9.17, 15) is 19.4 Å². The number of hydrogen-bond donors (Lipinski definition) is 2. The standard InChI is InChI=1S/C15H21FN2O3/c1-10-8-17(9-11(2)19)5-6-18(10)15(21)13-7-12(16)3-4-14(13)20/h3-4,7,10-11,19-20H,5-6,8-9H2,1-2H3/t10-,11+/m0/s1. The van der Waals surface area contributed by atoms with Crippen LogP contribution in [0.15, 0.2) is 18.2 Å². The molecule has 1 heterocycles. The van der Waals surface area contributed by atoms with Crippen molar-refractivity contribution in [3.8, 4) is 5.75 Å². The number of nitrogens with zero attached hydrogens (tertiary/aromatic N) is 2. The normalized spacial score (nSPS) is 21.3. The summed E-state index contributed by atoms with van der Waals surface area (Å²) in [6.07, 6.45) is -0.410. The number of halogens is 1. The van der Waals surface area contributed by atoms with Gasteiger partial charge in [0.2, 0.25) is 0 Å². The topological polar surface area (TPSA) is 64.0 Å². The fourth-order valence-electron chi connectivity index (χ4n) is 2.71. The first kappa shape index (κ1) is 15.7. The first-order valence-electron chi connectivity index (χ1n) is 7.08. The number of phenolic OH excluding ortho intramolecular Hbond substituents is 1. The van der Waals surface area contributed by atoms with Crippen molar-refractivity contribution < 1.29 is 19.4 Å². The zero-order valence-corrected chi connectivity index (χ0v) is 12.3. The molecule has 1 aromatic rings. The molecule has 1 aliphatic heterocycles. The average molecular weight is 296 g/mol.